The molecule has 0 saturated carbocycles. The zero-order valence-corrected chi connectivity index (χ0v) is 16.5. The van der Waals surface area contributed by atoms with Gasteiger partial charge in [0, 0.05) is 24.0 Å². The summed E-state index contributed by atoms with van der Waals surface area (Å²) in [6, 6.07) is 9.80. The number of allylic oxidation sites excluding steroid dienone is 1. The second-order valence-electron chi connectivity index (χ2n) is 7.10. The van der Waals surface area contributed by atoms with Gasteiger partial charge in [-0.25, -0.2) is 0 Å². The average molecular weight is 393 g/mol. The maximum atomic E-state index is 13.0. The van der Waals surface area contributed by atoms with E-state index < -0.39 is 0 Å². The lowest BCUT2D eigenvalue weighted by Gasteiger charge is -2.29. The topological polar surface area (TPSA) is 51.9 Å². The highest BCUT2D eigenvalue weighted by atomic mass is 32.1. The molecule has 5 nitrogen and oxygen atoms in total. The third-order valence-corrected chi connectivity index (χ3v) is 5.84. The Morgan fingerprint density at radius 1 is 1.25 bits per heavy atom. The molecule has 2 aliphatic rings. The first-order chi connectivity index (χ1) is 13.6. The van der Waals surface area contributed by atoms with Crippen LogP contribution in [-0.4, -0.2) is 17.4 Å². The third kappa shape index (κ3) is 2.95. The number of thiophene rings is 1. The first-order valence-corrected chi connectivity index (χ1v) is 10.0. The van der Waals surface area contributed by atoms with Crippen molar-refractivity contribution in [3.05, 3.63) is 74.6 Å². The van der Waals surface area contributed by atoms with Crippen LogP contribution in [0.25, 0.3) is 6.08 Å². The summed E-state index contributed by atoms with van der Waals surface area (Å²) < 4.78 is 17.6. The molecule has 0 fully saturated rings. The first-order valence-electron chi connectivity index (χ1n) is 9.13. The van der Waals surface area contributed by atoms with Gasteiger partial charge in [0.1, 0.15) is 29.8 Å². The quantitative estimate of drug-likeness (QED) is 0.591. The molecule has 0 spiro atoms. The van der Waals surface area contributed by atoms with E-state index in [0.29, 0.717) is 30.3 Å². The molecule has 2 aliphatic heterocycles. The Labute approximate surface area is 166 Å². The number of fused-ring (bicyclic) bond motifs is 3. The van der Waals surface area contributed by atoms with Crippen molar-refractivity contribution in [2.24, 2.45) is 0 Å². The van der Waals surface area contributed by atoms with Gasteiger partial charge in [0.15, 0.2) is 5.76 Å². The van der Waals surface area contributed by atoms with Crippen molar-refractivity contribution in [2.75, 3.05) is 6.73 Å². The number of carbonyl (C=O) groups is 1. The molecule has 3 aromatic rings. The minimum atomic E-state index is -0.111. The van der Waals surface area contributed by atoms with Gasteiger partial charge in [-0.1, -0.05) is 6.07 Å². The fraction of sp³-hybridized carbons (Fsp3) is 0.227. The van der Waals surface area contributed by atoms with Crippen LogP contribution in [0.2, 0.25) is 0 Å². The lowest BCUT2D eigenvalue weighted by molar-refractivity contribution is 0.0881. The number of carbonyl (C=O) groups excluding carboxylic acids is 1. The van der Waals surface area contributed by atoms with Gasteiger partial charge in [0.2, 0.25) is 5.78 Å². The van der Waals surface area contributed by atoms with Crippen molar-refractivity contribution in [1.82, 2.24) is 4.90 Å². The molecule has 0 N–H and O–H groups in total. The van der Waals surface area contributed by atoms with Crippen LogP contribution in [0, 0.1) is 13.8 Å². The standard InChI is InChI=1S/C22H19NO4S/c1-13-8-18-17(11-23(12-25-18)10-16-4-3-7-28-16)22-20(13)21(24)19(27-22)9-15-6-5-14(2)26-15/h3-9H,10-12H2,1-2H3/b19-9-. The molecule has 0 atom stereocenters. The highest BCUT2D eigenvalue weighted by Gasteiger charge is 2.35. The molecular formula is C22H19NO4S. The van der Waals surface area contributed by atoms with Crippen LogP contribution >= 0.6 is 11.3 Å². The first kappa shape index (κ1) is 17.3. The summed E-state index contributed by atoms with van der Waals surface area (Å²) >= 11 is 1.73. The maximum absolute atomic E-state index is 13.0. The maximum Gasteiger partial charge on any atom is 0.232 e. The van der Waals surface area contributed by atoms with Gasteiger partial charge in [-0.05, 0) is 49.1 Å². The number of ether oxygens (including phenoxy) is 2. The Balaban J connectivity index is 1.49. The Kier molecular flexibility index (Phi) is 4.10. The molecule has 6 heteroatoms. The lowest BCUT2D eigenvalue weighted by Crippen LogP contribution is -2.31. The van der Waals surface area contributed by atoms with Gasteiger partial charge >= 0.3 is 0 Å². The van der Waals surface area contributed by atoms with Crippen LogP contribution in [-0.2, 0) is 13.1 Å². The van der Waals surface area contributed by atoms with E-state index in [-0.39, 0.29) is 11.5 Å². The van der Waals surface area contributed by atoms with Crippen molar-refractivity contribution in [2.45, 2.75) is 26.9 Å². The Morgan fingerprint density at radius 3 is 2.89 bits per heavy atom. The van der Waals surface area contributed by atoms with E-state index in [1.54, 1.807) is 17.4 Å². The number of furan rings is 1. The van der Waals surface area contributed by atoms with E-state index in [4.69, 9.17) is 13.9 Å². The van der Waals surface area contributed by atoms with Gasteiger partial charge in [-0.15, -0.1) is 11.3 Å². The number of hydrogen-bond acceptors (Lipinski definition) is 6. The van der Waals surface area contributed by atoms with Crippen LogP contribution in [0.4, 0.5) is 0 Å². The molecule has 1 aromatic carbocycles. The fourth-order valence-electron chi connectivity index (χ4n) is 3.66. The van der Waals surface area contributed by atoms with E-state index in [9.17, 15) is 4.79 Å². The van der Waals surface area contributed by atoms with Crippen molar-refractivity contribution in [1.29, 1.82) is 0 Å². The molecule has 0 amide bonds. The summed E-state index contributed by atoms with van der Waals surface area (Å²) in [7, 11) is 0. The van der Waals surface area contributed by atoms with Crippen LogP contribution in [0.3, 0.4) is 0 Å². The predicted molar refractivity (Wildman–Crippen MR) is 107 cm³/mol. The SMILES string of the molecule is Cc1ccc(/C=C2\Oc3c4c(cc(C)c3C2=O)OCN(Cc2cccs2)C4)o1. The summed E-state index contributed by atoms with van der Waals surface area (Å²) in [5, 5.41) is 2.07. The second-order valence-corrected chi connectivity index (χ2v) is 8.13. The van der Waals surface area contributed by atoms with Gasteiger partial charge in [-0.3, -0.25) is 9.69 Å². The number of aryl methyl sites for hydroxylation is 2. The smallest absolute Gasteiger partial charge is 0.232 e. The minimum absolute atomic E-state index is 0.111. The number of hydrogen-bond donors (Lipinski definition) is 0. The zero-order chi connectivity index (χ0) is 19.3. The molecule has 0 bridgehead atoms. The molecular weight excluding hydrogens is 374 g/mol. The fourth-order valence-corrected chi connectivity index (χ4v) is 4.41. The molecule has 28 heavy (non-hydrogen) atoms. The number of nitrogens with zero attached hydrogens (tertiary/aromatic N) is 1. The summed E-state index contributed by atoms with van der Waals surface area (Å²) in [5.41, 5.74) is 2.41. The van der Waals surface area contributed by atoms with Gasteiger partial charge in [0.05, 0.1) is 11.1 Å². The van der Waals surface area contributed by atoms with Crippen LogP contribution in [0.1, 0.15) is 37.9 Å². The summed E-state index contributed by atoms with van der Waals surface area (Å²) in [4.78, 5) is 16.4. The number of benzene rings is 1. The molecule has 2 aromatic heterocycles. The van der Waals surface area contributed by atoms with E-state index in [1.165, 1.54) is 4.88 Å². The van der Waals surface area contributed by atoms with E-state index in [1.807, 2.05) is 32.0 Å². The van der Waals surface area contributed by atoms with Gasteiger partial charge in [0.25, 0.3) is 0 Å². The third-order valence-electron chi connectivity index (χ3n) is 4.98. The second kappa shape index (κ2) is 6.65. The zero-order valence-electron chi connectivity index (χ0n) is 15.7. The Bertz CT molecular complexity index is 1090. The van der Waals surface area contributed by atoms with Crippen molar-refractivity contribution in [3.63, 3.8) is 0 Å². The monoisotopic (exact) mass is 393 g/mol. The van der Waals surface area contributed by atoms with Gasteiger partial charge < -0.3 is 13.9 Å². The van der Waals surface area contributed by atoms with E-state index in [0.717, 1.165) is 29.2 Å². The predicted octanol–water partition coefficient (Wildman–Crippen LogP) is 4.93. The number of ketones is 1. The van der Waals surface area contributed by atoms with E-state index in [2.05, 4.69) is 22.4 Å². The summed E-state index contributed by atoms with van der Waals surface area (Å²) in [6.45, 7) is 5.79. The largest absolute Gasteiger partial charge is 0.478 e. The van der Waals surface area contributed by atoms with Crippen LogP contribution in [0.5, 0.6) is 11.5 Å². The number of rotatable bonds is 3. The molecule has 0 aliphatic carbocycles. The van der Waals surface area contributed by atoms with Crippen molar-refractivity contribution in [3.8, 4) is 11.5 Å². The highest BCUT2D eigenvalue weighted by molar-refractivity contribution is 7.09. The van der Waals surface area contributed by atoms with Crippen LogP contribution < -0.4 is 9.47 Å². The summed E-state index contributed by atoms with van der Waals surface area (Å²) in [5.74, 6) is 2.99. The number of Topliss-reactive ketones (excluding diaryl/α,β-unsaturated/α-hetero) is 1. The molecule has 5 rings (SSSR count). The normalized spacial score (nSPS) is 17.4. The Hall–Kier alpha value is -2.83. The molecule has 142 valence electrons. The molecule has 0 radical (unpaired) electrons. The molecule has 0 saturated heterocycles. The van der Waals surface area contributed by atoms with Crippen LogP contribution in [0.15, 0.2) is 45.9 Å². The average Bonchev–Trinajstić information content (AvgIpc) is 3.39. The van der Waals surface area contributed by atoms with Gasteiger partial charge in [-0.2, -0.15) is 0 Å². The lowest BCUT2D eigenvalue weighted by atomic mass is 9.99. The molecule has 4 heterocycles. The van der Waals surface area contributed by atoms with Crippen molar-refractivity contribution >= 4 is 23.2 Å². The Morgan fingerprint density at radius 2 is 2.14 bits per heavy atom. The summed E-state index contributed by atoms with van der Waals surface area (Å²) in [6.07, 6.45) is 1.66. The van der Waals surface area contributed by atoms with E-state index >= 15 is 0 Å². The minimum Gasteiger partial charge on any atom is -0.478 e. The highest BCUT2D eigenvalue weighted by Crippen LogP contribution is 2.44. The molecule has 0 unspecified atom stereocenters. The van der Waals surface area contributed by atoms with Crippen molar-refractivity contribution < 1.29 is 18.7 Å².